The van der Waals surface area contributed by atoms with Gasteiger partial charge in [0.25, 0.3) is 0 Å². The van der Waals surface area contributed by atoms with Gasteiger partial charge < -0.3 is 27.3 Å². The van der Waals surface area contributed by atoms with Gasteiger partial charge in [-0.2, -0.15) is 0 Å². The van der Waals surface area contributed by atoms with E-state index in [9.17, 15) is 77.8 Å². The average molecular weight is 1800 g/mol. The topological polar surface area (TPSA) is 343 Å². The van der Waals surface area contributed by atoms with Gasteiger partial charge in [-0.3, -0.25) is 0 Å². The van der Waals surface area contributed by atoms with Crippen LogP contribution in [0.15, 0.2) is 182 Å². The molecule has 0 aromatic heterocycles. The van der Waals surface area contributed by atoms with Crippen molar-refractivity contribution in [1.82, 2.24) is 0 Å². The summed E-state index contributed by atoms with van der Waals surface area (Å²) in [5.41, 5.74) is 3.70. The van der Waals surface area contributed by atoms with Gasteiger partial charge >= 0.3 is 0 Å². The summed E-state index contributed by atoms with van der Waals surface area (Å²) in [5.74, 6) is 0. The molecule has 0 spiro atoms. The quantitative estimate of drug-likeness (QED) is 0.0194. The normalized spacial score (nSPS) is 13.3. The van der Waals surface area contributed by atoms with Crippen LogP contribution in [0.4, 0.5) is 0 Å². The van der Waals surface area contributed by atoms with Crippen LogP contribution in [-0.2, 0) is 81.8 Å². The van der Waals surface area contributed by atoms with Gasteiger partial charge in [0.1, 0.15) is 60.7 Å². The summed E-state index contributed by atoms with van der Waals surface area (Å²) in [6.07, 6.45) is 41.8. The Balaban J connectivity index is 0.00000135. The third-order valence-electron chi connectivity index (χ3n) is 20.0. The van der Waals surface area contributed by atoms with Crippen molar-refractivity contribution in [1.29, 1.82) is 0 Å². The van der Waals surface area contributed by atoms with Crippen molar-refractivity contribution in [2.24, 2.45) is 0 Å². The van der Waals surface area contributed by atoms with Gasteiger partial charge in [-0.25, -0.2) is 50.5 Å². The van der Waals surface area contributed by atoms with Crippen LogP contribution in [0.25, 0.3) is 0 Å². The minimum absolute atomic E-state index is 0. The summed E-state index contributed by atoms with van der Waals surface area (Å²) in [6.45, 7) is 13.0. The molecule has 25 heteroatoms. The van der Waals surface area contributed by atoms with Crippen LogP contribution < -0.4 is 0 Å². The Morgan fingerprint density at radius 3 is 0.365 bits per heavy atom. The second kappa shape index (κ2) is 66.2. The van der Waals surface area contributed by atoms with E-state index < -0.39 is 92.2 Å². The molecule has 654 valence electrons. The standard InChI is InChI=1S/6C15H24O3S.Mo/c6*1-2-3-4-5-6-10-13-15(19(16,17)18)14-11-8-7-9-12-14;/h6*7-9,11-12,15H,2-6,10,13H2,1H3,(H,16,17,18);/p-6. The zero-order chi connectivity index (χ0) is 84.8. The molecular formula is C90H138MoO18S6-6. The van der Waals surface area contributed by atoms with Gasteiger partial charge in [-0.1, -0.05) is 455 Å². The van der Waals surface area contributed by atoms with E-state index in [0.29, 0.717) is 71.9 Å². The van der Waals surface area contributed by atoms with Crippen molar-refractivity contribution in [3.63, 3.8) is 0 Å². The predicted octanol–water partition coefficient (Wildman–Crippen LogP) is 24.1. The van der Waals surface area contributed by atoms with Crippen molar-refractivity contribution in [2.45, 2.75) is 343 Å². The first-order valence-electron chi connectivity index (χ1n) is 42.3. The second-order valence-electron chi connectivity index (χ2n) is 29.7. The fraction of sp³-hybridized carbons (Fsp3) is 0.600. The third kappa shape index (κ3) is 55.1. The van der Waals surface area contributed by atoms with E-state index in [1.54, 1.807) is 146 Å². The zero-order valence-corrected chi connectivity index (χ0v) is 76.6. The third-order valence-corrected chi connectivity index (χ3v) is 27.3. The zero-order valence-electron chi connectivity index (χ0n) is 69.7. The van der Waals surface area contributed by atoms with Gasteiger partial charge in [-0.05, 0) is 71.9 Å². The van der Waals surface area contributed by atoms with Crippen molar-refractivity contribution < 1.29 is 98.9 Å². The van der Waals surface area contributed by atoms with Crippen LogP contribution in [0, 0.1) is 0 Å². The molecule has 0 saturated carbocycles. The van der Waals surface area contributed by atoms with Gasteiger partial charge in [0.15, 0.2) is 0 Å². The molecule has 0 bridgehead atoms. The fourth-order valence-electron chi connectivity index (χ4n) is 13.5. The van der Waals surface area contributed by atoms with Gasteiger partial charge in [0, 0.05) is 21.1 Å². The first-order chi connectivity index (χ1) is 54.3. The summed E-state index contributed by atoms with van der Waals surface area (Å²) >= 11 is 0. The van der Waals surface area contributed by atoms with Crippen LogP contribution in [0.2, 0.25) is 0 Å². The molecule has 0 N–H and O–H groups in total. The van der Waals surface area contributed by atoms with Crippen LogP contribution in [0.1, 0.15) is 376 Å². The maximum Gasteiger partial charge on any atom is 0.102 e. The average Bonchev–Trinajstić information content (AvgIpc) is 0.884. The number of unbranched alkanes of at least 4 members (excludes halogenated alkanes) is 30. The number of benzene rings is 6. The maximum atomic E-state index is 11.3. The molecule has 6 atom stereocenters. The molecule has 115 heavy (non-hydrogen) atoms. The number of hydrogen-bond donors (Lipinski definition) is 0. The minimum atomic E-state index is -4.27. The molecule has 0 aliphatic rings. The van der Waals surface area contributed by atoms with Crippen LogP contribution in [-0.4, -0.2) is 77.8 Å². The Morgan fingerprint density at radius 2 is 0.270 bits per heavy atom. The van der Waals surface area contributed by atoms with E-state index in [4.69, 9.17) is 0 Å². The molecule has 0 fully saturated rings. The smallest absolute Gasteiger partial charge is 0.102 e. The van der Waals surface area contributed by atoms with E-state index in [2.05, 4.69) is 41.5 Å². The van der Waals surface area contributed by atoms with Gasteiger partial charge in [-0.15, -0.1) is 0 Å². The fourth-order valence-corrected chi connectivity index (χ4v) is 19.2. The molecule has 0 heterocycles. The summed E-state index contributed by atoms with van der Waals surface area (Å²) in [4.78, 5) is 0. The molecular weight excluding hydrogens is 1660 g/mol. The maximum absolute atomic E-state index is 11.3. The SMILES string of the molecule is CCCCCCCCC(c1ccccc1)S(=O)(=O)[O-].CCCCCCCCC(c1ccccc1)S(=O)(=O)[O-].CCCCCCCCC(c1ccccc1)S(=O)(=O)[O-].CCCCCCCCC(c1ccccc1)S(=O)(=O)[O-].CCCCCCCCC(c1ccccc1)S(=O)(=O)[O-].CCCCCCCCC(c1ccccc1)S(=O)(=O)[O-].[Mo]. The minimum Gasteiger partial charge on any atom is -0.747 e. The Morgan fingerprint density at radius 1 is 0.174 bits per heavy atom. The summed E-state index contributed by atoms with van der Waals surface area (Å²) in [6, 6.07) is 52.8. The van der Waals surface area contributed by atoms with Crippen LogP contribution in [0.3, 0.4) is 0 Å². The molecule has 6 aromatic carbocycles. The predicted molar refractivity (Wildman–Crippen MR) is 461 cm³/mol. The van der Waals surface area contributed by atoms with E-state index in [0.717, 1.165) is 116 Å². The Bertz CT molecular complexity index is 3330. The van der Waals surface area contributed by atoms with Crippen molar-refractivity contribution in [3.8, 4) is 0 Å². The molecule has 6 rings (SSSR count). The molecule has 18 nitrogen and oxygen atoms in total. The van der Waals surface area contributed by atoms with E-state index in [1.165, 1.54) is 116 Å². The summed E-state index contributed by atoms with van der Waals surface area (Å²) < 4.78 is 204. The number of rotatable bonds is 54. The molecule has 0 aliphatic heterocycles. The van der Waals surface area contributed by atoms with Crippen LogP contribution >= 0.6 is 0 Å². The van der Waals surface area contributed by atoms with Crippen LogP contribution in [0.5, 0.6) is 0 Å². The Hall–Kier alpha value is -4.53. The van der Waals surface area contributed by atoms with E-state index >= 15 is 0 Å². The molecule has 6 unspecified atom stereocenters. The first-order valence-corrected chi connectivity index (χ1v) is 51.1. The largest absolute Gasteiger partial charge is 0.747 e. The second-order valence-corrected chi connectivity index (χ2v) is 39.0. The summed E-state index contributed by atoms with van der Waals surface area (Å²) in [7, 11) is -25.6. The van der Waals surface area contributed by atoms with E-state index in [-0.39, 0.29) is 21.1 Å². The molecule has 0 radical (unpaired) electrons. The molecule has 0 amide bonds. The molecule has 0 aliphatic carbocycles. The van der Waals surface area contributed by atoms with Crippen molar-refractivity contribution >= 4 is 60.7 Å². The molecule has 0 saturated heterocycles. The van der Waals surface area contributed by atoms with Crippen molar-refractivity contribution in [3.05, 3.63) is 215 Å². The van der Waals surface area contributed by atoms with E-state index in [1.807, 2.05) is 36.4 Å². The Kier molecular flexibility index (Phi) is 63.6. The van der Waals surface area contributed by atoms with Gasteiger partial charge in [0.05, 0.1) is 31.5 Å². The van der Waals surface area contributed by atoms with Crippen molar-refractivity contribution in [2.75, 3.05) is 0 Å². The molecule has 6 aromatic rings. The number of hydrogen-bond acceptors (Lipinski definition) is 18. The van der Waals surface area contributed by atoms with Gasteiger partial charge in [0.2, 0.25) is 0 Å². The summed E-state index contributed by atoms with van der Waals surface area (Å²) in [5, 5.41) is -5.33. The first kappa shape index (κ1) is 110. The monoisotopic (exact) mass is 1800 g/mol. The Labute approximate surface area is 712 Å².